The lowest BCUT2D eigenvalue weighted by Crippen LogP contribution is -2.36. The van der Waals surface area contributed by atoms with Crippen LogP contribution in [0.4, 0.5) is 5.69 Å². The van der Waals surface area contributed by atoms with Gasteiger partial charge in [-0.2, -0.15) is 5.10 Å². The third-order valence-electron chi connectivity index (χ3n) is 4.76. The zero-order chi connectivity index (χ0) is 19.3. The van der Waals surface area contributed by atoms with Crippen LogP contribution in [0, 0.1) is 0 Å². The van der Waals surface area contributed by atoms with E-state index in [2.05, 4.69) is 27.6 Å². The molecule has 0 fully saturated rings. The summed E-state index contributed by atoms with van der Waals surface area (Å²) in [5, 5.41) is 8.03. The quantitative estimate of drug-likeness (QED) is 0.706. The number of benzene rings is 2. The molecule has 0 radical (unpaired) electrons. The predicted octanol–water partition coefficient (Wildman–Crippen LogP) is 4.25. The van der Waals surface area contributed by atoms with Crippen LogP contribution >= 0.6 is 11.6 Å². The van der Waals surface area contributed by atoms with Crippen molar-refractivity contribution >= 4 is 28.8 Å². The number of amides is 1. The number of nitrogens with zero attached hydrogens (tertiary/aromatic N) is 3. The van der Waals surface area contributed by atoms with Gasteiger partial charge in [-0.15, -0.1) is 0 Å². The maximum Gasteiger partial charge on any atom is 0.238 e. The van der Waals surface area contributed by atoms with Gasteiger partial charge in [0.15, 0.2) is 0 Å². The van der Waals surface area contributed by atoms with E-state index in [1.807, 2.05) is 41.2 Å². The van der Waals surface area contributed by atoms with Crippen LogP contribution in [-0.2, 0) is 4.79 Å². The smallest absolute Gasteiger partial charge is 0.238 e. The van der Waals surface area contributed by atoms with Crippen molar-refractivity contribution in [1.29, 1.82) is 0 Å². The summed E-state index contributed by atoms with van der Waals surface area (Å²) in [6, 6.07) is 17.2. The van der Waals surface area contributed by atoms with Crippen molar-refractivity contribution in [3.05, 3.63) is 83.7 Å². The Hall–Kier alpha value is -2.89. The third-order valence-corrected chi connectivity index (χ3v) is 5.01. The minimum Gasteiger partial charge on any atom is -0.325 e. The summed E-state index contributed by atoms with van der Waals surface area (Å²) in [5.74, 6) is -0.0175. The molecule has 1 aliphatic heterocycles. The van der Waals surface area contributed by atoms with Crippen LogP contribution < -0.4 is 5.32 Å². The molecule has 0 bridgehead atoms. The number of hydrogen-bond acceptors (Lipinski definition) is 3. The molecule has 0 unspecified atom stereocenters. The number of halogens is 1. The monoisotopic (exact) mass is 392 g/mol. The summed E-state index contributed by atoms with van der Waals surface area (Å²) < 4.78 is 1.89. The van der Waals surface area contributed by atoms with E-state index in [4.69, 9.17) is 11.6 Å². The lowest BCUT2D eigenvalue weighted by Gasteiger charge is -2.25. The average molecular weight is 393 g/mol. The van der Waals surface area contributed by atoms with E-state index >= 15 is 0 Å². The fraction of sp³-hybridized carbons (Fsp3) is 0.182. The molecular weight excluding hydrogens is 372 g/mol. The van der Waals surface area contributed by atoms with E-state index in [0.29, 0.717) is 11.6 Å². The second-order valence-electron chi connectivity index (χ2n) is 6.78. The van der Waals surface area contributed by atoms with Crippen LogP contribution in [0.25, 0.3) is 11.3 Å². The molecule has 0 saturated heterocycles. The summed E-state index contributed by atoms with van der Waals surface area (Å²) in [4.78, 5) is 14.4. The highest BCUT2D eigenvalue weighted by molar-refractivity contribution is 6.30. The van der Waals surface area contributed by atoms with Crippen LogP contribution in [-0.4, -0.2) is 40.2 Å². The van der Waals surface area contributed by atoms with Gasteiger partial charge in [0.2, 0.25) is 5.91 Å². The van der Waals surface area contributed by atoms with E-state index in [0.717, 1.165) is 36.4 Å². The second-order valence-corrected chi connectivity index (χ2v) is 7.22. The molecule has 2 heterocycles. The Bertz CT molecular complexity index is 979. The number of rotatable bonds is 5. The van der Waals surface area contributed by atoms with Crippen LogP contribution in [0.2, 0.25) is 5.02 Å². The molecule has 142 valence electrons. The molecular formula is C22H21ClN4O. The lowest BCUT2D eigenvalue weighted by molar-refractivity contribution is -0.117. The number of para-hydroxylation sites is 1. The molecule has 1 amide bonds. The minimum atomic E-state index is -0.0175. The summed E-state index contributed by atoms with van der Waals surface area (Å²) >= 11 is 5.87. The average Bonchev–Trinajstić information content (AvgIpc) is 3.21. The van der Waals surface area contributed by atoms with Gasteiger partial charge in [0, 0.05) is 35.6 Å². The standard InChI is InChI=1S/C22H21ClN4O/c23-19-6-8-20(9-7-19)25-22(28)16-26-12-10-17(11-13-26)18-14-24-27(15-18)21-4-2-1-3-5-21/h1-10,14-15H,11-13,16H2,(H,25,28). The normalized spacial score (nSPS) is 14.5. The summed E-state index contributed by atoms with van der Waals surface area (Å²) in [6.45, 7) is 1.96. The summed E-state index contributed by atoms with van der Waals surface area (Å²) in [6.07, 6.45) is 7.05. The molecule has 6 heteroatoms. The van der Waals surface area contributed by atoms with Crippen molar-refractivity contribution in [2.24, 2.45) is 0 Å². The Morgan fingerprint density at radius 3 is 2.61 bits per heavy atom. The first-order chi connectivity index (χ1) is 13.7. The van der Waals surface area contributed by atoms with Gasteiger partial charge in [-0.1, -0.05) is 35.9 Å². The van der Waals surface area contributed by atoms with Gasteiger partial charge in [0.1, 0.15) is 0 Å². The third kappa shape index (κ3) is 4.50. The van der Waals surface area contributed by atoms with Gasteiger partial charge < -0.3 is 5.32 Å². The molecule has 0 spiro atoms. The van der Waals surface area contributed by atoms with Crippen molar-refractivity contribution in [3.63, 3.8) is 0 Å². The number of anilines is 1. The molecule has 3 aromatic rings. The van der Waals surface area contributed by atoms with Crippen molar-refractivity contribution < 1.29 is 4.79 Å². The van der Waals surface area contributed by atoms with Crippen molar-refractivity contribution in [2.75, 3.05) is 25.0 Å². The Balaban J connectivity index is 1.34. The molecule has 5 nitrogen and oxygen atoms in total. The van der Waals surface area contributed by atoms with E-state index in [1.54, 1.807) is 24.3 Å². The fourth-order valence-electron chi connectivity index (χ4n) is 3.26. The molecule has 1 N–H and O–H groups in total. The first kappa shape index (κ1) is 18.5. The van der Waals surface area contributed by atoms with Gasteiger partial charge >= 0.3 is 0 Å². The van der Waals surface area contributed by atoms with Gasteiger partial charge in [-0.25, -0.2) is 4.68 Å². The van der Waals surface area contributed by atoms with Crippen molar-refractivity contribution in [3.8, 4) is 5.69 Å². The molecule has 1 aromatic heterocycles. The highest BCUT2D eigenvalue weighted by Crippen LogP contribution is 2.23. The SMILES string of the molecule is O=C(CN1CC=C(c2cnn(-c3ccccc3)c2)CC1)Nc1ccc(Cl)cc1. The minimum absolute atomic E-state index is 0.0175. The maximum absolute atomic E-state index is 12.3. The zero-order valence-electron chi connectivity index (χ0n) is 15.4. The number of carbonyl (C=O) groups is 1. The highest BCUT2D eigenvalue weighted by atomic mass is 35.5. The maximum atomic E-state index is 12.3. The highest BCUT2D eigenvalue weighted by Gasteiger charge is 2.17. The van der Waals surface area contributed by atoms with E-state index < -0.39 is 0 Å². The van der Waals surface area contributed by atoms with Crippen LogP contribution in [0.1, 0.15) is 12.0 Å². The van der Waals surface area contributed by atoms with E-state index in [9.17, 15) is 4.79 Å². The molecule has 1 aliphatic rings. The fourth-order valence-corrected chi connectivity index (χ4v) is 3.39. The Morgan fingerprint density at radius 2 is 1.89 bits per heavy atom. The number of aromatic nitrogens is 2. The summed E-state index contributed by atoms with van der Waals surface area (Å²) in [5.41, 5.74) is 4.22. The Kier molecular flexibility index (Phi) is 5.55. The topological polar surface area (TPSA) is 50.2 Å². The van der Waals surface area contributed by atoms with Gasteiger partial charge in [0.25, 0.3) is 0 Å². The first-order valence-corrected chi connectivity index (χ1v) is 9.62. The lowest BCUT2D eigenvalue weighted by atomic mass is 10.0. The molecule has 0 aliphatic carbocycles. The number of hydrogen-bond donors (Lipinski definition) is 1. The zero-order valence-corrected chi connectivity index (χ0v) is 16.1. The predicted molar refractivity (Wildman–Crippen MR) is 113 cm³/mol. The largest absolute Gasteiger partial charge is 0.325 e. The van der Waals surface area contributed by atoms with Gasteiger partial charge in [-0.05, 0) is 48.4 Å². The van der Waals surface area contributed by atoms with Crippen molar-refractivity contribution in [2.45, 2.75) is 6.42 Å². The molecule has 28 heavy (non-hydrogen) atoms. The van der Waals surface area contributed by atoms with Crippen LogP contribution in [0.15, 0.2) is 73.1 Å². The van der Waals surface area contributed by atoms with Gasteiger partial charge in [0.05, 0.1) is 18.4 Å². The van der Waals surface area contributed by atoms with Gasteiger partial charge in [-0.3, -0.25) is 9.69 Å². The van der Waals surface area contributed by atoms with Crippen LogP contribution in [0.5, 0.6) is 0 Å². The van der Waals surface area contributed by atoms with E-state index in [-0.39, 0.29) is 5.91 Å². The first-order valence-electron chi connectivity index (χ1n) is 9.25. The molecule has 0 atom stereocenters. The summed E-state index contributed by atoms with van der Waals surface area (Å²) in [7, 11) is 0. The van der Waals surface area contributed by atoms with E-state index in [1.165, 1.54) is 5.57 Å². The number of nitrogens with one attached hydrogen (secondary N) is 1. The molecule has 4 rings (SSSR count). The van der Waals surface area contributed by atoms with Crippen molar-refractivity contribution in [1.82, 2.24) is 14.7 Å². The Labute approximate surface area is 169 Å². The molecule has 0 saturated carbocycles. The molecule has 2 aromatic carbocycles. The Morgan fingerprint density at radius 1 is 1.11 bits per heavy atom. The second kappa shape index (κ2) is 8.42. The van der Waals surface area contributed by atoms with Crippen LogP contribution in [0.3, 0.4) is 0 Å². The number of carbonyl (C=O) groups excluding carboxylic acids is 1.